The van der Waals surface area contributed by atoms with Crippen molar-refractivity contribution in [3.05, 3.63) is 188 Å². The average Bonchev–Trinajstić information content (AvgIpc) is 3.84. The van der Waals surface area contributed by atoms with E-state index in [4.69, 9.17) is 9.97 Å². The van der Waals surface area contributed by atoms with Crippen LogP contribution in [0.1, 0.15) is 5.56 Å². The van der Waals surface area contributed by atoms with E-state index in [1.165, 1.54) is 57.0 Å². The van der Waals surface area contributed by atoms with Crippen molar-refractivity contribution in [2.75, 3.05) is 0 Å². The maximum Gasteiger partial charge on any atom is 0.160 e. The van der Waals surface area contributed by atoms with Gasteiger partial charge < -0.3 is 0 Å². The van der Waals surface area contributed by atoms with Gasteiger partial charge in [-0.3, -0.25) is 4.98 Å². The Morgan fingerprint density at radius 2 is 0.912 bits per heavy atom. The Bertz CT molecular complexity index is 3180. The minimum absolute atomic E-state index is 0.696. The van der Waals surface area contributed by atoms with Crippen molar-refractivity contribution in [2.45, 2.75) is 6.92 Å². The molecule has 11 rings (SSSR count). The predicted octanol–water partition coefficient (Wildman–Crippen LogP) is 14.9. The Balaban J connectivity index is 1.12. The lowest BCUT2D eigenvalue weighted by Gasteiger charge is -2.14. The zero-order chi connectivity index (χ0) is 37.9. The summed E-state index contributed by atoms with van der Waals surface area (Å²) in [7, 11) is 0. The molecule has 0 unspecified atom stereocenters. The van der Waals surface area contributed by atoms with Gasteiger partial charge in [-0.05, 0) is 113 Å². The molecule has 0 N–H and O–H groups in total. The number of benzene rings is 7. The van der Waals surface area contributed by atoms with E-state index < -0.39 is 0 Å². The van der Waals surface area contributed by atoms with E-state index in [2.05, 4.69) is 158 Å². The second-order valence-corrected chi connectivity index (χ2v) is 16.7. The highest BCUT2D eigenvalue weighted by Crippen LogP contribution is 2.41. The lowest BCUT2D eigenvalue weighted by molar-refractivity contribution is 1.18. The average molecular weight is 764 g/mol. The van der Waals surface area contributed by atoms with Gasteiger partial charge in [0, 0.05) is 75.0 Å². The Kier molecular flexibility index (Phi) is 8.09. The number of fused-ring (bicyclic) bond motifs is 6. The van der Waals surface area contributed by atoms with Gasteiger partial charge in [0.1, 0.15) is 0 Å². The van der Waals surface area contributed by atoms with Crippen LogP contribution in [0.4, 0.5) is 0 Å². The van der Waals surface area contributed by atoms with Crippen molar-refractivity contribution in [3.8, 4) is 67.3 Å². The standard InChI is InChI=1S/C52H33N3S2/c1-32-24-36(17-20-41(32)37-12-9-23-53-31-37)46-30-47(55-52(54-46)33-10-3-2-4-11-33)40-26-38(34-18-21-50-44(28-34)42-13-5-7-15-48(42)56-50)25-39(27-40)35-19-22-51-45(29-35)43-14-6-8-16-49(43)57-51/h2-31H,1H3. The summed E-state index contributed by atoms with van der Waals surface area (Å²) in [5, 5.41) is 5.16. The molecule has 0 fully saturated rings. The fourth-order valence-corrected chi connectivity index (χ4v) is 10.2. The molecule has 11 aromatic rings. The zero-order valence-electron chi connectivity index (χ0n) is 31.0. The largest absolute Gasteiger partial charge is 0.264 e. The van der Waals surface area contributed by atoms with Gasteiger partial charge in [-0.1, -0.05) is 97.1 Å². The van der Waals surface area contributed by atoms with Crippen molar-refractivity contribution in [2.24, 2.45) is 0 Å². The molecule has 5 heteroatoms. The Morgan fingerprint density at radius 3 is 1.53 bits per heavy atom. The minimum Gasteiger partial charge on any atom is -0.264 e. The highest BCUT2D eigenvalue weighted by Gasteiger charge is 2.16. The summed E-state index contributed by atoms with van der Waals surface area (Å²) in [6.45, 7) is 2.16. The van der Waals surface area contributed by atoms with Gasteiger partial charge in [0.2, 0.25) is 0 Å². The van der Waals surface area contributed by atoms with Crippen LogP contribution in [-0.4, -0.2) is 15.0 Å². The third-order valence-corrected chi connectivity index (χ3v) is 13.2. The number of hydrogen-bond acceptors (Lipinski definition) is 5. The van der Waals surface area contributed by atoms with Crippen molar-refractivity contribution in [1.82, 2.24) is 15.0 Å². The van der Waals surface area contributed by atoms with Crippen LogP contribution in [-0.2, 0) is 0 Å². The maximum atomic E-state index is 5.31. The first kappa shape index (κ1) is 33.5. The van der Waals surface area contributed by atoms with Crippen LogP contribution in [0.3, 0.4) is 0 Å². The zero-order valence-corrected chi connectivity index (χ0v) is 32.6. The molecule has 4 heterocycles. The van der Waals surface area contributed by atoms with Gasteiger partial charge in [-0.25, -0.2) is 9.97 Å². The quantitative estimate of drug-likeness (QED) is 0.169. The SMILES string of the molecule is Cc1cc(-c2cc(-c3cc(-c4ccc5sc6ccccc6c5c4)cc(-c4ccc5sc6ccccc6c5c4)c3)nc(-c3ccccc3)n2)ccc1-c1cccnc1. The first-order valence-electron chi connectivity index (χ1n) is 19.1. The Morgan fingerprint density at radius 1 is 0.368 bits per heavy atom. The molecule has 4 aromatic heterocycles. The second-order valence-electron chi connectivity index (χ2n) is 14.5. The lowest BCUT2D eigenvalue weighted by atomic mass is 9.93. The molecule has 0 aliphatic rings. The van der Waals surface area contributed by atoms with Crippen molar-refractivity contribution < 1.29 is 0 Å². The second kappa shape index (κ2) is 13.7. The summed E-state index contributed by atoms with van der Waals surface area (Å²) in [6.07, 6.45) is 3.73. The summed E-state index contributed by atoms with van der Waals surface area (Å²) in [4.78, 5) is 14.9. The topological polar surface area (TPSA) is 38.7 Å². The molecule has 0 atom stereocenters. The predicted molar refractivity (Wildman–Crippen MR) is 243 cm³/mol. The Hall–Kier alpha value is -6.79. The third-order valence-electron chi connectivity index (χ3n) is 10.9. The van der Waals surface area contributed by atoms with Gasteiger partial charge in [0.05, 0.1) is 11.4 Å². The molecule has 57 heavy (non-hydrogen) atoms. The molecule has 0 bridgehead atoms. The summed E-state index contributed by atoms with van der Waals surface area (Å²) < 4.78 is 5.20. The molecule has 0 saturated heterocycles. The summed E-state index contributed by atoms with van der Waals surface area (Å²) in [5.74, 6) is 0.696. The number of aryl methyl sites for hydroxylation is 1. The highest BCUT2D eigenvalue weighted by atomic mass is 32.1. The van der Waals surface area contributed by atoms with E-state index in [0.29, 0.717) is 5.82 Å². The van der Waals surface area contributed by atoms with Gasteiger partial charge >= 0.3 is 0 Å². The van der Waals surface area contributed by atoms with Crippen LogP contribution >= 0.6 is 22.7 Å². The van der Waals surface area contributed by atoms with Crippen molar-refractivity contribution in [3.63, 3.8) is 0 Å². The molecule has 0 aliphatic heterocycles. The van der Waals surface area contributed by atoms with E-state index in [0.717, 1.165) is 50.3 Å². The van der Waals surface area contributed by atoms with Crippen LogP contribution < -0.4 is 0 Å². The number of aromatic nitrogens is 3. The normalized spacial score (nSPS) is 11.6. The number of thiophene rings is 2. The minimum atomic E-state index is 0.696. The van der Waals surface area contributed by atoms with Crippen LogP contribution in [0.25, 0.3) is 108 Å². The van der Waals surface area contributed by atoms with Crippen LogP contribution in [0.5, 0.6) is 0 Å². The molecular formula is C52H33N3S2. The molecule has 0 aliphatic carbocycles. The van der Waals surface area contributed by atoms with Gasteiger partial charge in [0.15, 0.2) is 5.82 Å². The van der Waals surface area contributed by atoms with Crippen molar-refractivity contribution in [1.29, 1.82) is 0 Å². The molecule has 7 aromatic carbocycles. The van der Waals surface area contributed by atoms with E-state index in [1.54, 1.807) is 0 Å². The van der Waals surface area contributed by atoms with Gasteiger partial charge in [-0.2, -0.15) is 0 Å². The molecule has 0 spiro atoms. The first-order valence-corrected chi connectivity index (χ1v) is 20.7. The summed E-state index contributed by atoms with van der Waals surface area (Å²) in [5.41, 5.74) is 12.9. The molecular weight excluding hydrogens is 731 g/mol. The van der Waals surface area contributed by atoms with Gasteiger partial charge in [0.25, 0.3) is 0 Å². The van der Waals surface area contributed by atoms with Crippen LogP contribution in [0, 0.1) is 6.92 Å². The molecule has 0 saturated carbocycles. The molecule has 0 radical (unpaired) electrons. The third kappa shape index (κ3) is 6.09. The monoisotopic (exact) mass is 763 g/mol. The van der Waals surface area contributed by atoms with E-state index in [9.17, 15) is 0 Å². The Labute approximate surface area is 338 Å². The molecule has 3 nitrogen and oxygen atoms in total. The fourth-order valence-electron chi connectivity index (χ4n) is 8.05. The number of rotatable bonds is 6. The van der Waals surface area contributed by atoms with Crippen LogP contribution in [0.15, 0.2) is 182 Å². The highest BCUT2D eigenvalue weighted by molar-refractivity contribution is 7.26. The van der Waals surface area contributed by atoms with E-state index in [-0.39, 0.29) is 0 Å². The van der Waals surface area contributed by atoms with Crippen molar-refractivity contribution >= 4 is 63.0 Å². The summed E-state index contributed by atoms with van der Waals surface area (Å²) in [6, 6.07) is 61.3. The fraction of sp³-hybridized carbons (Fsp3) is 0.0192. The maximum absolute atomic E-state index is 5.31. The van der Waals surface area contributed by atoms with E-state index >= 15 is 0 Å². The van der Waals surface area contributed by atoms with Gasteiger partial charge in [-0.15, -0.1) is 22.7 Å². The molecule has 268 valence electrons. The smallest absolute Gasteiger partial charge is 0.160 e. The molecule has 0 amide bonds. The van der Waals surface area contributed by atoms with Crippen LogP contribution in [0.2, 0.25) is 0 Å². The lowest BCUT2D eigenvalue weighted by Crippen LogP contribution is -1.97. The van der Waals surface area contributed by atoms with E-state index in [1.807, 2.05) is 59.3 Å². The first-order chi connectivity index (χ1) is 28.1. The number of nitrogens with zero attached hydrogens (tertiary/aromatic N) is 3. The number of hydrogen-bond donors (Lipinski definition) is 0. The summed E-state index contributed by atoms with van der Waals surface area (Å²) >= 11 is 3.70. The number of pyridine rings is 1.